The number of carbonyl (C=O) groups excluding carboxylic acids is 1. The molecule has 0 saturated carbocycles. The smallest absolute Gasteiger partial charge is 0.223 e. The molecule has 1 fully saturated rings. The number of amides is 1. The minimum Gasteiger partial charge on any atom is -0.389 e. The van der Waals surface area contributed by atoms with Crippen LogP contribution in [0.15, 0.2) is 42.5 Å². The summed E-state index contributed by atoms with van der Waals surface area (Å²) in [6.45, 7) is 0.731. The van der Waals surface area contributed by atoms with Crippen LogP contribution in [0.4, 0.5) is 0 Å². The molecule has 24 heavy (non-hydrogen) atoms. The lowest BCUT2D eigenvalue weighted by molar-refractivity contribution is -0.128. The Balaban J connectivity index is 1.80. The standard InChI is InChI=1S/C19H24N2O2S/c20-15-24-13-5-4-12-21-17(9-11-19(21)23)8-10-18(22)14-16-6-2-1-3-7-16/h1-3,6-8,10,17-18,22H,4-5,9,11-14H2/b10-8+/t17-,18?/m1/s1. The van der Waals surface area contributed by atoms with Crippen LogP contribution in [0.1, 0.15) is 31.2 Å². The van der Waals surface area contributed by atoms with E-state index in [1.54, 1.807) is 0 Å². The fraction of sp³-hybridized carbons (Fsp3) is 0.474. The third-order valence-electron chi connectivity index (χ3n) is 4.18. The number of aliphatic hydroxyl groups excluding tert-OH is 1. The van der Waals surface area contributed by atoms with Crippen molar-refractivity contribution in [1.29, 1.82) is 5.26 Å². The predicted molar refractivity (Wildman–Crippen MR) is 97.3 cm³/mol. The summed E-state index contributed by atoms with van der Waals surface area (Å²) in [6, 6.07) is 9.99. The lowest BCUT2D eigenvalue weighted by Crippen LogP contribution is -2.33. The molecule has 0 spiro atoms. The number of rotatable bonds is 9. The molecule has 0 aromatic heterocycles. The minimum atomic E-state index is -0.531. The van der Waals surface area contributed by atoms with E-state index in [0.717, 1.165) is 37.1 Å². The molecule has 1 aliphatic rings. The van der Waals surface area contributed by atoms with Gasteiger partial charge in [-0.3, -0.25) is 4.79 Å². The molecule has 0 radical (unpaired) electrons. The van der Waals surface area contributed by atoms with Crippen LogP contribution in [-0.4, -0.2) is 40.4 Å². The molecule has 1 aliphatic heterocycles. The fourth-order valence-corrected chi connectivity index (χ4v) is 3.37. The van der Waals surface area contributed by atoms with E-state index in [-0.39, 0.29) is 11.9 Å². The summed E-state index contributed by atoms with van der Waals surface area (Å²) in [4.78, 5) is 13.9. The highest BCUT2D eigenvalue weighted by Crippen LogP contribution is 2.21. The highest BCUT2D eigenvalue weighted by atomic mass is 32.2. The largest absolute Gasteiger partial charge is 0.389 e. The molecule has 1 amide bonds. The van der Waals surface area contributed by atoms with Gasteiger partial charge in [-0.15, -0.1) is 0 Å². The van der Waals surface area contributed by atoms with Crippen LogP contribution in [0.2, 0.25) is 0 Å². The van der Waals surface area contributed by atoms with Gasteiger partial charge in [0.25, 0.3) is 0 Å². The van der Waals surface area contributed by atoms with Crippen molar-refractivity contribution in [3.8, 4) is 5.40 Å². The molecule has 0 bridgehead atoms. The van der Waals surface area contributed by atoms with Crippen LogP contribution in [0.5, 0.6) is 0 Å². The van der Waals surface area contributed by atoms with Gasteiger partial charge in [-0.1, -0.05) is 42.5 Å². The van der Waals surface area contributed by atoms with Gasteiger partial charge in [0.2, 0.25) is 5.91 Å². The van der Waals surface area contributed by atoms with Gasteiger partial charge in [0.1, 0.15) is 5.40 Å². The van der Waals surface area contributed by atoms with Crippen molar-refractivity contribution >= 4 is 17.7 Å². The van der Waals surface area contributed by atoms with Crippen molar-refractivity contribution in [2.24, 2.45) is 0 Å². The first-order valence-corrected chi connectivity index (χ1v) is 9.40. The Morgan fingerprint density at radius 1 is 1.38 bits per heavy atom. The van der Waals surface area contributed by atoms with Crippen LogP contribution in [0.3, 0.4) is 0 Å². The van der Waals surface area contributed by atoms with Crippen molar-refractivity contribution in [2.45, 2.75) is 44.2 Å². The molecule has 4 nitrogen and oxygen atoms in total. The summed E-state index contributed by atoms with van der Waals surface area (Å²) in [7, 11) is 0. The lowest BCUT2D eigenvalue weighted by atomic mass is 10.1. The molecule has 1 N–H and O–H groups in total. The topological polar surface area (TPSA) is 64.3 Å². The highest BCUT2D eigenvalue weighted by molar-refractivity contribution is 8.03. The van der Waals surface area contributed by atoms with Crippen molar-refractivity contribution < 1.29 is 9.90 Å². The molecular formula is C19H24N2O2S. The van der Waals surface area contributed by atoms with E-state index >= 15 is 0 Å². The number of benzene rings is 1. The third kappa shape index (κ3) is 6.03. The molecule has 0 aliphatic carbocycles. The number of hydrogen-bond donors (Lipinski definition) is 1. The van der Waals surface area contributed by atoms with Crippen LogP contribution in [0, 0.1) is 10.7 Å². The molecule has 1 unspecified atom stereocenters. The number of thioether (sulfide) groups is 1. The third-order valence-corrected chi connectivity index (χ3v) is 4.80. The van der Waals surface area contributed by atoms with E-state index in [9.17, 15) is 9.90 Å². The molecule has 128 valence electrons. The van der Waals surface area contributed by atoms with Crippen molar-refractivity contribution in [1.82, 2.24) is 4.90 Å². The quantitative estimate of drug-likeness (QED) is 0.425. The highest BCUT2D eigenvalue weighted by Gasteiger charge is 2.28. The van der Waals surface area contributed by atoms with E-state index in [4.69, 9.17) is 5.26 Å². The van der Waals surface area contributed by atoms with E-state index < -0.39 is 6.10 Å². The Labute approximate surface area is 148 Å². The predicted octanol–water partition coefficient (Wildman–Crippen LogP) is 3.13. The summed E-state index contributed by atoms with van der Waals surface area (Å²) in [6.07, 6.45) is 7.10. The number of likely N-dealkylation sites (tertiary alicyclic amines) is 1. The fourth-order valence-electron chi connectivity index (χ4n) is 2.93. The Morgan fingerprint density at radius 3 is 2.92 bits per heavy atom. The zero-order chi connectivity index (χ0) is 17.2. The van der Waals surface area contributed by atoms with Crippen molar-refractivity contribution in [3.63, 3.8) is 0 Å². The monoisotopic (exact) mass is 344 g/mol. The Bertz CT molecular complexity index is 583. The first-order valence-electron chi connectivity index (χ1n) is 8.41. The molecule has 2 atom stereocenters. The summed E-state index contributed by atoms with van der Waals surface area (Å²) in [5.41, 5.74) is 1.10. The van der Waals surface area contributed by atoms with E-state index in [0.29, 0.717) is 12.8 Å². The van der Waals surface area contributed by atoms with E-state index in [1.165, 1.54) is 11.8 Å². The Kier molecular flexibility index (Phi) is 7.87. The second-order valence-corrected chi connectivity index (χ2v) is 6.86. The minimum absolute atomic E-state index is 0.0894. The maximum Gasteiger partial charge on any atom is 0.223 e. The summed E-state index contributed by atoms with van der Waals surface area (Å²) >= 11 is 1.26. The van der Waals surface area contributed by atoms with Gasteiger partial charge in [0.05, 0.1) is 12.1 Å². The molecule has 1 aromatic rings. The second kappa shape index (κ2) is 10.2. The van der Waals surface area contributed by atoms with Crippen molar-refractivity contribution in [3.05, 3.63) is 48.0 Å². The van der Waals surface area contributed by atoms with Gasteiger partial charge in [-0.2, -0.15) is 5.26 Å². The van der Waals surface area contributed by atoms with Gasteiger partial charge in [0, 0.05) is 25.1 Å². The first-order chi connectivity index (χ1) is 11.7. The van der Waals surface area contributed by atoms with Gasteiger partial charge < -0.3 is 10.0 Å². The molecule has 2 rings (SSSR count). The van der Waals surface area contributed by atoms with E-state index in [1.807, 2.05) is 47.4 Å². The number of thiocyanates is 1. The number of hydrogen-bond acceptors (Lipinski definition) is 4. The van der Waals surface area contributed by atoms with Crippen LogP contribution in [0.25, 0.3) is 0 Å². The molecule has 1 aromatic carbocycles. The number of nitriles is 1. The Morgan fingerprint density at radius 2 is 2.17 bits per heavy atom. The zero-order valence-corrected chi connectivity index (χ0v) is 14.6. The van der Waals surface area contributed by atoms with Crippen LogP contribution in [-0.2, 0) is 11.2 Å². The average molecular weight is 344 g/mol. The van der Waals surface area contributed by atoms with Gasteiger partial charge in [0.15, 0.2) is 0 Å². The van der Waals surface area contributed by atoms with Crippen LogP contribution >= 0.6 is 11.8 Å². The average Bonchev–Trinajstić information content (AvgIpc) is 2.94. The summed E-state index contributed by atoms with van der Waals surface area (Å²) < 4.78 is 0. The molecular weight excluding hydrogens is 320 g/mol. The van der Waals surface area contributed by atoms with Crippen molar-refractivity contribution in [2.75, 3.05) is 12.3 Å². The Hall–Kier alpha value is -1.77. The van der Waals surface area contributed by atoms with E-state index in [2.05, 4.69) is 5.40 Å². The van der Waals surface area contributed by atoms with Gasteiger partial charge in [-0.25, -0.2) is 0 Å². The van der Waals surface area contributed by atoms with Gasteiger partial charge in [-0.05, 0) is 36.6 Å². The first kappa shape index (κ1) is 18.6. The number of carbonyl (C=O) groups is 1. The van der Waals surface area contributed by atoms with Crippen LogP contribution < -0.4 is 0 Å². The summed E-state index contributed by atoms with van der Waals surface area (Å²) in [5, 5.41) is 20.7. The number of nitrogens with zero attached hydrogens (tertiary/aromatic N) is 2. The SMILES string of the molecule is N#CSCCCCN1C(=O)CC[C@H]1/C=C/C(O)Cc1ccccc1. The zero-order valence-electron chi connectivity index (χ0n) is 13.8. The number of unbranched alkanes of at least 4 members (excludes halogenated alkanes) is 1. The summed E-state index contributed by atoms with van der Waals surface area (Å²) in [5.74, 6) is 1.00. The number of aliphatic hydroxyl groups is 1. The maximum atomic E-state index is 12.0. The molecule has 5 heteroatoms. The van der Waals surface area contributed by atoms with Gasteiger partial charge >= 0.3 is 0 Å². The molecule has 1 saturated heterocycles. The molecule has 1 heterocycles. The normalized spacial score (nSPS) is 18.9. The second-order valence-electron chi connectivity index (χ2n) is 5.98. The lowest BCUT2D eigenvalue weighted by Gasteiger charge is -2.22. The maximum absolute atomic E-state index is 12.0.